The SMILES string of the molecule is CC(C)[C@@H]1CCC(C)(CCC(C)[C@H]2C(=O)Nc3ccccc32)NC1=O. The van der Waals surface area contributed by atoms with Crippen LogP contribution in [0.4, 0.5) is 5.69 Å². The van der Waals surface area contributed by atoms with Crippen molar-refractivity contribution in [2.45, 2.75) is 64.8 Å². The van der Waals surface area contributed by atoms with Crippen molar-refractivity contribution in [1.29, 1.82) is 0 Å². The summed E-state index contributed by atoms with van der Waals surface area (Å²) >= 11 is 0. The molecule has 0 aliphatic carbocycles. The molecule has 136 valence electrons. The predicted molar refractivity (Wildman–Crippen MR) is 100 cm³/mol. The van der Waals surface area contributed by atoms with E-state index in [0.717, 1.165) is 36.9 Å². The largest absolute Gasteiger partial charge is 0.351 e. The maximum Gasteiger partial charge on any atom is 0.232 e. The van der Waals surface area contributed by atoms with E-state index in [-0.39, 0.29) is 35.1 Å². The molecule has 2 unspecified atom stereocenters. The summed E-state index contributed by atoms with van der Waals surface area (Å²) in [4.78, 5) is 24.8. The van der Waals surface area contributed by atoms with Crippen molar-refractivity contribution >= 4 is 17.5 Å². The van der Waals surface area contributed by atoms with E-state index in [1.165, 1.54) is 0 Å². The summed E-state index contributed by atoms with van der Waals surface area (Å²) in [5.41, 5.74) is 1.91. The van der Waals surface area contributed by atoms with Crippen molar-refractivity contribution in [3.8, 4) is 0 Å². The summed E-state index contributed by atoms with van der Waals surface area (Å²) in [7, 11) is 0. The van der Waals surface area contributed by atoms with Crippen LogP contribution < -0.4 is 10.6 Å². The van der Waals surface area contributed by atoms with Crippen LogP contribution in [-0.2, 0) is 9.59 Å². The molecular weight excluding hydrogens is 312 g/mol. The second-order valence-electron chi connectivity index (χ2n) is 8.51. The van der Waals surface area contributed by atoms with Gasteiger partial charge in [0.15, 0.2) is 0 Å². The molecule has 2 aliphatic heterocycles. The van der Waals surface area contributed by atoms with Gasteiger partial charge in [-0.15, -0.1) is 0 Å². The van der Waals surface area contributed by atoms with E-state index in [0.29, 0.717) is 5.92 Å². The first kappa shape index (κ1) is 18.0. The molecular formula is C21H30N2O2. The minimum absolute atomic E-state index is 0.0810. The van der Waals surface area contributed by atoms with Crippen molar-refractivity contribution in [2.24, 2.45) is 17.8 Å². The Kier molecular flexibility index (Phi) is 4.90. The van der Waals surface area contributed by atoms with Gasteiger partial charge in [0.05, 0.1) is 5.92 Å². The van der Waals surface area contributed by atoms with Crippen LogP contribution in [0.25, 0.3) is 0 Å². The number of amides is 2. The molecule has 0 spiro atoms. The average molecular weight is 342 g/mol. The first-order chi connectivity index (χ1) is 11.8. The van der Waals surface area contributed by atoms with Crippen molar-refractivity contribution in [2.75, 3.05) is 5.32 Å². The molecule has 1 aromatic carbocycles. The minimum Gasteiger partial charge on any atom is -0.351 e. The number of rotatable bonds is 5. The summed E-state index contributed by atoms with van der Waals surface area (Å²) in [5, 5.41) is 6.25. The van der Waals surface area contributed by atoms with Gasteiger partial charge in [0.1, 0.15) is 0 Å². The fourth-order valence-corrected chi connectivity index (χ4v) is 4.39. The van der Waals surface area contributed by atoms with Crippen LogP contribution in [0, 0.1) is 17.8 Å². The van der Waals surface area contributed by atoms with Gasteiger partial charge in [0, 0.05) is 17.1 Å². The second kappa shape index (κ2) is 6.81. The molecule has 2 amide bonds. The van der Waals surface area contributed by atoms with Crippen molar-refractivity contribution in [1.82, 2.24) is 5.32 Å². The molecule has 1 fully saturated rings. The van der Waals surface area contributed by atoms with Gasteiger partial charge < -0.3 is 10.6 Å². The molecule has 2 heterocycles. The number of fused-ring (bicyclic) bond motifs is 1. The fraction of sp³-hybridized carbons (Fsp3) is 0.619. The standard InChI is InChI=1S/C21H30N2O2/c1-13(2)15-10-12-21(4,23-19(15)24)11-9-14(3)18-16-7-5-6-8-17(16)22-20(18)25/h5-8,13-15,18H,9-12H2,1-4H3,(H,22,25)(H,23,24)/t14?,15-,18+,21?/m0/s1. The Morgan fingerprint density at radius 1 is 1.16 bits per heavy atom. The third kappa shape index (κ3) is 3.58. The lowest BCUT2D eigenvalue weighted by molar-refractivity contribution is -0.131. The third-order valence-corrected chi connectivity index (χ3v) is 6.13. The predicted octanol–water partition coefficient (Wildman–Crippen LogP) is 4.08. The normalized spacial score (nSPS) is 30.0. The Labute approximate surface area is 150 Å². The number of hydrogen-bond donors (Lipinski definition) is 2. The monoisotopic (exact) mass is 342 g/mol. The van der Waals surface area contributed by atoms with Crippen molar-refractivity contribution < 1.29 is 9.59 Å². The Morgan fingerprint density at radius 3 is 2.56 bits per heavy atom. The summed E-state index contributed by atoms with van der Waals surface area (Å²) in [5.74, 6) is 0.995. The molecule has 3 rings (SSSR count). The minimum atomic E-state index is -0.147. The average Bonchev–Trinajstić information content (AvgIpc) is 2.88. The lowest BCUT2D eigenvalue weighted by Crippen LogP contribution is -2.53. The molecule has 0 radical (unpaired) electrons. The van der Waals surface area contributed by atoms with Gasteiger partial charge in [0.25, 0.3) is 0 Å². The van der Waals surface area contributed by atoms with Crippen LogP contribution in [0.2, 0.25) is 0 Å². The van der Waals surface area contributed by atoms with E-state index < -0.39 is 0 Å². The molecule has 0 bridgehead atoms. The van der Waals surface area contributed by atoms with Crippen molar-refractivity contribution in [3.05, 3.63) is 29.8 Å². The molecule has 25 heavy (non-hydrogen) atoms. The Morgan fingerprint density at radius 2 is 1.88 bits per heavy atom. The molecule has 4 nitrogen and oxygen atoms in total. The number of carbonyl (C=O) groups excluding carboxylic acids is 2. The molecule has 1 saturated heterocycles. The van der Waals surface area contributed by atoms with Crippen LogP contribution in [-0.4, -0.2) is 17.4 Å². The van der Waals surface area contributed by atoms with E-state index in [2.05, 4.69) is 38.3 Å². The van der Waals surface area contributed by atoms with E-state index in [1.54, 1.807) is 0 Å². The highest BCUT2D eigenvalue weighted by Gasteiger charge is 2.39. The van der Waals surface area contributed by atoms with Gasteiger partial charge in [-0.3, -0.25) is 9.59 Å². The molecule has 2 N–H and O–H groups in total. The van der Waals surface area contributed by atoms with Gasteiger partial charge in [0.2, 0.25) is 11.8 Å². The van der Waals surface area contributed by atoms with Crippen LogP contribution in [0.1, 0.15) is 64.9 Å². The molecule has 4 heteroatoms. The first-order valence-corrected chi connectivity index (χ1v) is 9.52. The van der Waals surface area contributed by atoms with E-state index in [4.69, 9.17) is 0 Å². The smallest absolute Gasteiger partial charge is 0.232 e. The molecule has 0 saturated carbocycles. The summed E-state index contributed by atoms with van der Waals surface area (Å²) in [6.45, 7) is 8.53. The van der Waals surface area contributed by atoms with E-state index in [9.17, 15) is 9.59 Å². The summed E-state index contributed by atoms with van der Waals surface area (Å²) in [6, 6.07) is 7.96. The number of benzene rings is 1. The fourth-order valence-electron chi connectivity index (χ4n) is 4.39. The zero-order valence-electron chi connectivity index (χ0n) is 15.8. The maximum atomic E-state index is 12.4. The number of hydrogen-bond acceptors (Lipinski definition) is 2. The zero-order valence-corrected chi connectivity index (χ0v) is 15.8. The van der Waals surface area contributed by atoms with Crippen LogP contribution in [0.3, 0.4) is 0 Å². The third-order valence-electron chi connectivity index (χ3n) is 6.13. The Hall–Kier alpha value is -1.84. The first-order valence-electron chi connectivity index (χ1n) is 9.52. The number of anilines is 1. The highest BCUT2D eigenvalue weighted by Crippen LogP contribution is 2.40. The lowest BCUT2D eigenvalue weighted by Gasteiger charge is -2.40. The van der Waals surface area contributed by atoms with E-state index >= 15 is 0 Å². The number of nitrogens with one attached hydrogen (secondary N) is 2. The van der Waals surface area contributed by atoms with Crippen LogP contribution in [0.15, 0.2) is 24.3 Å². The number of para-hydroxylation sites is 1. The van der Waals surface area contributed by atoms with Gasteiger partial charge in [-0.2, -0.15) is 0 Å². The summed E-state index contributed by atoms with van der Waals surface area (Å²) < 4.78 is 0. The van der Waals surface area contributed by atoms with Crippen molar-refractivity contribution in [3.63, 3.8) is 0 Å². The number of piperidine rings is 1. The molecule has 1 aromatic rings. The highest BCUT2D eigenvalue weighted by molar-refractivity contribution is 6.03. The van der Waals surface area contributed by atoms with Gasteiger partial charge in [-0.1, -0.05) is 39.0 Å². The number of carbonyl (C=O) groups is 2. The molecule has 2 aliphatic rings. The van der Waals surface area contributed by atoms with Crippen LogP contribution >= 0.6 is 0 Å². The van der Waals surface area contributed by atoms with Gasteiger partial charge in [-0.25, -0.2) is 0 Å². The summed E-state index contributed by atoms with van der Waals surface area (Å²) in [6.07, 6.45) is 3.81. The molecule has 4 atom stereocenters. The quantitative estimate of drug-likeness (QED) is 0.847. The van der Waals surface area contributed by atoms with Gasteiger partial charge >= 0.3 is 0 Å². The second-order valence-corrected chi connectivity index (χ2v) is 8.51. The van der Waals surface area contributed by atoms with Gasteiger partial charge in [-0.05, 0) is 56.1 Å². The van der Waals surface area contributed by atoms with Crippen LogP contribution in [0.5, 0.6) is 0 Å². The van der Waals surface area contributed by atoms with E-state index in [1.807, 2.05) is 24.3 Å². The highest BCUT2D eigenvalue weighted by atomic mass is 16.2. The zero-order chi connectivity index (χ0) is 18.2. The maximum absolute atomic E-state index is 12.4. The molecule has 0 aromatic heterocycles. The Balaban J connectivity index is 1.62. The topological polar surface area (TPSA) is 58.2 Å². The Bertz CT molecular complexity index is 670. The lowest BCUT2D eigenvalue weighted by atomic mass is 9.76.